The second kappa shape index (κ2) is 208. The molecule has 1 radical (unpaired) electrons. The van der Waals surface area contributed by atoms with E-state index in [9.17, 15) is 0 Å². The van der Waals surface area contributed by atoms with Crippen molar-refractivity contribution < 1.29 is 38.3 Å². The summed E-state index contributed by atoms with van der Waals surface area (Å²) in [5, 5.41) is 0. The Hall–Kier alpha value is 1.53. The van der Waals surface area contributed by atoms with Gasteiger partial charge in [-0.1, -0.05) is 0 Å². The van der Waals surface area contributed by atoms with Gasteiger partial charge in [-0.25, -0.2) is 0 Å². The average Bonchev–Trinajstić information content (AvgIpc) is 0. The van der Waals surface area contributed by atoms with Crippen molar-refractivity contribution in [2.45, 2.75) is 0 Å². The monoisotopic (exact) mass is 211 g/mol. The quantitative estimate of drug-likeness (QED) is 0.365. The summed E-state index contributed by atoms with van der Waals surface area (Å²) < 4.78 is 0. The van der Waals surface area contributed by atoms with E-state index >= 15 is 0 Å². The van der Waals surface area contributed by atoms with Gasteiger partial charge in [0, 0.05) is 58.2 Å². The summed E-state index contributed by atoms with van der Waals surface area (Å²) in [5.41, 5.74) is 0. The molecular weight excluding hydrogens is 197 g/mol. The van der Waals surface area contributed by atoms with E-state index < -0.39 is 0 Å². The maximum atomic E-state index is 0. The van der Waals surface area contributed by atoms with Crippen molar-refractivity contribution in [3.63, 3.8) is 0 Å². The van der Waals surface area contributed by atoms with Gasteiger partial charge in [0.25, 0.3) is 0 Å². The summed E-state index contributed by atoms with van der Waals surface area (Å²) in [4.78, 5) is 0. The smallest absolute Gasteiger partial charge is 0 e. The predicted octanol–water partition coefficient (Wildman–Crippen LogP) is -6.15. The molecule has 0 aromatic carbocycles. The van der Waals surface area contributed by atoms with Crippen LogP contribution in [-0.4, -0.2) is 96.5 Å². The van der Waals surface area contributed by atoms with Gasteiger partial charge < -0.3 is 38.3 Å². The van der Waals surface area contributed by atoms with Crippen molar-refractivity contribution >= 4 is 58.2 Å². The molecular formula is H14O7Rb. The molecule has 0 bridgehead atoms. The first-order valence-electron chi connectivity index (χ1n) is 0. The van der Waals surface area contributed by atoms with E-state index in [-0.39, 0.29) is 96.5 Å². The molecule has 0 aromatic rings. The predicted molar refractivity (Wildman–Crippen MR) is 31.1 cm³/mol. The van der Waals surface area contributed by atoms with Crippen molar-refractivity contribution in [2.24, 2.45) is 0 Å². The van der Waals surface area contributed by atoms with E-state index in [0.29, 0.717) is 0 Å². The third kappa shape index (κ3) is 138. The molecule has 14 N–H and O–H groups in total. The van der Waals surface area contributed by atoms with Gasteiger partial charge in [-0.05, 0) is 0 Å². The fourth-order valence-corrected chi connectivity index (χ4v) is 0. The van der Waals surface area contributed by atoms with Crippen LogP contribution < -0.4 is 0 Å². The Kier molecular flexibility index (Phi) is 7720. The zero-order chi connectivity index (χ0) is 0. The summed E-state index contributed by atoms with van der Waals surface area (Å²) >= 11 is 0. The Morgan fingerprint density at radius 2 is 0.250 bits per heavy atom. The number of hydrogen-bond acceptors (Lipinski definition) is 0. The molecule has 0 heterocycles. The molecule has 57 valence electrons. The summed E-state index contributed by atoms with van der Waals surface area (Å²) in [7, 11) is 0. The van der Waals surface area contributed by atoms with Crippen LogP contribution in [0.5, 0.6) is 0 Å². The van der Waals surface area contributed by atoms with E-state index in [1.54, 1.807) is 0 Å². The van der Waals surface area contributed by atoms with Crippen LogP contribution >= 0.6 is 0 Å². The molecule has 0 saturated carbocycles. The fourth-order valence-electron chi connectivity index (χ4n) is 0. The zero-order valence-corrected chi connectivity index (χ0v) is 9.42. The maximum Gasteiger partial charge on any atom is 0 e. The van der Waals surface area contributed by atoms with E-state index in [4.69, 9.17) is 0 Å². The van der Waals surface area contributed by atoms with Crippen molar-refractivity contribution in [2.75, 3.05) is 0 Å². The molecule has 0 rings (SSSR count). The van der Waals surface area contributed by atoms with Crippen LogP contribution in [-0.2, 0) is 0 Å². The van der Waals surface area contributed by atoms with Gasteiger partial charge in [0.15, 0.2) is 0 Å². The second-order valence-corrected chi connectivity index (χ2v) is 0. The first-order chi connectivity index (χ1) is 0. The molecule has 0 aliphatic carbocycles. The van der Waals surface area contributed by atoms with Gasteiger partial charge in [-0.3, -0.25) is 0 Å². The van der Waals surface area contributed by atoms with Gasteiger partial charge in [-0.2, -0.15) is 0 Å². The topological polar surface area (TPSA) is 220 Å². The SMILES string of the molecule is O.O.O.O.O.O.O.[Rb]. The maximum absolute atomic E-state index is 0. The van der Waals surface area contributed by atoms with Crippen molar-refractivity contribution in [3.8, 4) is 0 Å². The number of hydrogen-bond donors (Lipinski definition) is 0. The molecule has 0 saturated heterocycles. The molecule has 0 atom stereocenters. The average molecular weight is 212 g/mol. The summed E-state index contributed by atoms with van der Waals surface area (Å²) in [5.74, 6) is 0. The van der Waals surface area contributed by atoms with Crippen molar-refractivity contribution in [3.05, 3.63) is 0 Å². The third-order valence-corrected chi connectivity index (χ3v) is 0. The minimum atomic E-state index is 0. The Morgan fingerprint density at radius 3 is 0.250 bits per heavy atom. The molecule has 0 unspecified atom stereocenters. The van der Waals surface area contributed by atoms with Crippen molar-refractivity contribution in [1.82, 2.24) is 0 Å². The van der Waals surface area contributed by atoms with Crippen LogP contribution in [0.3, 0.4) is 0 Å². The molecule has 0 aliphatic rings. The van der Waals surface area contributed by atoms with Crippen molar-refractivity contribution in [1.29, 1.82) is 0 Å². The largest absolute Gasteiger partial charge is 0.412 e. The molecule has 0 amide bonds. The first-order valence-corrected chi connectivity index (χ1v) is 0. The molecule has 0 spiro atoms. The standard InChI is InChI=1S/7H2O.Rb/h7*1H2;. The fraction of sp³-hybridized carbons (Fsp3) is 0. The van der Waals surface area contributed by atoms with Gasteiger partial charge >= 0.3 is 0 Å². The Labute approximate surface area is 95.0 Å². The van der Waals surface area contributed by atoms with Crippen LogP contribution in [0.4, 0.5) is 0 Å². The molecule has 0 aromatic heterocycles. The zero-order valence-electron chi connectivity index (χ0n) is 4.50. The van der Waals surface area contributed by atoms with Gasteiger partial charge in [0.05, 0.1) is 0 Å². The van der Waals surface area contributed by atoms with E-state index in [1.807, 2.05) is 0 Å². The Bertz CT molecular complexity index is 4.35. The molecule has 7 nitrogen and oxygen atoms in total. The van der Waals surface area contributed by atoms with Gasteiger partial charge in [-0.15, -0.1) is 0 Å². The van der Waals surface area contributed by atoms with Crippen LogP contribution in [0, 0.1) is 0 Å². The minimum absolute atomic E-state index is 0. The second-order valence-electron chi connectivity index (χ2n) is 0. The van der Waals surface area contributed by atoms with Crippen LogP contribution in [0.15, 0.2) is 0 Å². The minimum Gasteiger partial charge on any atom is -0.412 e. The normalized spacial score (nSPS) is 0. The van der Waals surface area contributed by atoms with Gasteiger partial charge in [0.2, 0.25) is 0 Å². The molecule has 0 aliphatic heterocycles. The van der Waals surface area contributed by atoms with Crippen LogP contribution in [0.1, 0.15) is 0 Å². The summed E-state index contributed by atoms with van der Waals surface area (Å²) in [6, 6.07) is 0. The van der Waals surface area contributed by atoms with E-state index in [1.165, 1.54) is 0 Å². The van der Waals surface area contributed by atoms with Gasteiger partial charge in [0.1, 0.15) is 0 Å². The Morgan fingerprint density at radius 1 is 0.250 bits per heavy atom. The number of rotatable bonds is 0. The van der Waals surface area contributed by atoms with Crippen LogP contribution in [0.25, 0.3) is 0 Å². The summed E-state index contributed by atoms with van der Waals surface area (Å²) in [6.07, 6.45) is 0. The molecule has 8 heavy (non-hydrogen) atoms. The Balaban J connectivity index is 0. The molecule has 8 heteroatoms. The molecule has 0 fully saturated rings. The first kappa shape index (κ1) is 298. The van der Waals surface area contributed by atoms with E-state index in [0.717, 1.165) is 0 Å². The van der Waals surface area contributed by atoms with E-state index in [2.05, 4.69) is 0 Å². The summed E-state index contributed by atoms with van der Waals surface area (Å²) in [6.45, 7) is 0. The van der Waals surface area contributed by atoms with Crippen LogP contribution in [0.2, 0.25) is 0 Å². The third-order valence-electron chi connectivity index (χ3n) is 0.